The van der Waals surface area contributed by atoms with Crippen LogP contribution >= 0.6 is 23.2 Å². The van der Waals surface area contributed by atoms with Crippen LogP contribution in [-0.4, -0.2) is 30.1 Å². The molecule has 118 valence electrons. The first-order valence-electron chi connectivity index (χ1n) is 7.92. The molecule has 1 aliphatic rings. The number of rotatable bonds is 5. The molecule has 21 heavy (non-hydrogen) atoms. The van der Waals surface area contributed by atoms with E-state index in [1.807, 2.05) is 12.1 Å². The summed E-state index contributed by atoms with van der Waals surface area (Å²) >= 11 is 12.2. The van der Waals surface area contributed by atoms with E-state index in [2.05, 4.69) is 37.1 Å². The Kier molecular flexibility index (Phi) is 6.36. The fourth-order valence-corrected chi connectivity index (χ4v) is 3.47. The Bertz CT molecular complexity index is 462. The lowest BCUT2D eigenvalue weighted by atomic mass is 9.96. The molecule has 0 amide bonds. The molecule has 2 rings (SSSR count). The molecule has 1 aromatic carbocycles. The zero-order valence-corrected chi connectivity index (χ0v) is 14.7. The summed E-state index contributed by atoms with van der Waals surface area (Å²) in [5, 5.41) is 4.98. The Morgan fingerprint density at radius 2 is 2.05 bits per heavy atom. The molecule has 1 saturated heterocycles. The summed E-state index contributed by atoms with van der Waals surface area (Å²) in [4.78, 5) is 2.60. The average molecular weight is 329 g/mol. The van der Waals surface area contributed by atoms with E-state index in [4.69, 9.17) is 23.2 Å². The van der Waals surface area contributed by atoms with E-state index in [1.165, 1.54) is 18.4 Å². The SMILES string of the molecule is CCCC1CN(Cc2ccc(Cl)c(Cl)c2)C(C(C)C)CN1. The first-order chi connectivity index (χ1) is 10.0. The van der Waals surface area contributed by atoms with Crippen LogP contribution in [0.1, 0.15) is 39.2 Å². The van der Waals surface area contributed by atoms with Gasteiger partial charge in [0.05, 0.1) is 10.0 Å². The molecule has 0 radical (unpaired) electrons. The number of nitrogens with zero attached hydrogens (tertiary/aromatic N) is 1. The first-order valence-corrected chi connectivity index (χ1v) is 8.68. The third kappa shape index (κ3) is 4.59. The van der Waals surface area contributed by atoms with E-state index in [1.54, 1.807) is 0 Å². The largest absolute Gasteiger partial charge is 0.311 e. The molecule has 1 aromatic rings. The zero-order valence-electron chi connectivity index (χ0n) is 13.2. The van der Waals surface area contributed by atoms with Gasteiger partial charge in [-0.05, 0) is 30.0 Å². The van der Waals surface area contributed by atoms with E-state index in [-0.39, 0.29) is 0 Å². The van der Waals surface area contributed by atoms with Crippen molar-refractivity contribution in [2.24, 2.45) is 5.92 Å². The molecule has 1 N–H and O–H groups in total. The van der Waals surface area contributed by atoms with Crippen LogP contribution in [0.4, 0.5) is 0 Å². The molecule has 0 bridgehead atoms. The van der Waals surface area contributed by atoms with Crippen molar-refractivity contribution in [3.05, 3.63) is 33.8 Å². The highest BCUT2D eigenvalue weighted by atomic mass is 35.5. The molecular formula is C17H26Cl2N2. The molecule has 0 aliphatic carbocycles. The van der Waals surface area contributed by atoms with Crippen molar-refractivity contribution in [2.45, 2.75) is 52.2 Å². The second-order valence-corrected chi connectivity index (χ2v) is 7.20. The summed E-state index contributed by atoms with van der Waals surface area (Å²) in [6, 6.07) is 7.16. The molecule has 2 unspecified atom stereocenters. The van der Waals surface area contributed by atoms with Crippen LogP contribution < -0.4 is 5.32 Å². The van der Waals surface area contributed by atoms with Crippen molar-refractivity contribution in [2.75, 3.05) is 13.1 Å². The van der Waals surface area contributed by atoms with Crippen molar-refractivity contribution in [1.82, 2.24) is 10.2 Å². The number of nitrogens with one attached hydrogen (secondary N) is 1. The third-order valence-electron chi connectivity index (χ3n) is 4.32. The van der Waals surface area contributed by atoms with Crippen molar-refractivity contribution < 1.29 is 0 Å². The van der Waals surface area contributed by atoms with Crippen molar-refractivity contribution in [3.63, 3.8) is 0 Å². The minimum absolute atomic E-state index is 0.576. The summed E-state index contributed by atoms with van der Waals surface area (Å²) < 4.78 is 0. The van der Waals surface area contributed by atoms with Crippen molar-refractivity contribution >= 4 is 23.2 Å². The lowest BCUT2D eigenvalue weighted by molar-refractivity contribution is 0.0885. The molecule has 0 spiro atoms. The fourth-order valence-electron chi connectivity index (χ4n) is 3.15. The van der Waals surface area contributed by atoms with Crippen LogP contribution in [0.25, 0.3) is 0 Å². The lowest BCUT2D eigenvalue weighted by Crippen LogP contribution is -2.57. The molecule has 4 heteroatoms. The molecule has 0 aromatic heterocycles. The maximum absolute atomic E-state index is 6.15. The van der Waals surface area contributed by atoms with Gasteiger partial charge in [0, 0.05) is 31.7 Å². The number of hydrogen-bond acceptors (Lipinski definition) is 2. The van der Waals surface area contributed by atoms with Crippen LogP contribution in [0.5, 0.6) is 0 Å². The zero-order chi connectivity index (χ0) is 15.4. The van der Waals surface area contributed by atoms with Crippen molar-refractivity contribution in [1.29, 1.82) is 0 Å². The number of halogens is 2. The van der Waals surface area contributed by atoms with Gasteiger partial charge in [0.15, 0.2) is 0 Å². The Morgan fingerprint density at radius 3 is 2.67 bits per heavy atom. The second-order valence-electron chi connectivity index (χ2n) is 6.38. The summed E-state index contributed by atoms with van der Waals surface area (Å²) in [5.41, 5.74) is 1.24. The topological polar surface area (TPSA) is 15.3 Å². The Labute approximate surface area is 138 Å². The molecule has 2 nitrogen and oxygen atoms in total. The second kappa shape index (κ2) is 7.82. The normalized spacial score (nSPS) is 23.7. The van der Waals surface area contributed by atoms with E-state index >= 15 is 0 Å². The van der Waals surface area contributed by atoms with Crippen LogP contribution in [-0.2, 0) is 6.54 Å². The van der Waals surface area contributed by atoms with Gasteiger partial charge in [0.25, 0.3) is 0 Å². The quantitative estimate of drug-likeness (QED) is 0.850. The number of hydrogen-bond donors (Lipinski definition) is 1. The average Bonchev–Trinajstić information content (AvgIpc) is 2.43. The minimum atomic E-state index is 0.576. The van der Waals surface area contributed by atoms with Gasteiger partial charge in [-0.25, -0.2) is 0 Å². The number of piperazine rings is 1. The molecule has 0 saturated carbocycles. The third-order valence-corrected chi connectivity index (χ3v) is 5.05. The fraction of sp³-hybridized carbons (Fsp3) is 0.647. The van der Waals surface area contributed by atoms with Gasteiger partial charge in [0.2, 0.25) is 0 Å². The molecule has 1 heterocycles. The van der Waals surface area contributed by atoms with Gasteiger partial charge in [-0.15, -0.1) is 0 Å². The van der Waals surface area contributed by atoms with E-state index < -0.39 is 0 Å². The van der Waals surface area contributed by atoms with Gasteiger partial charge >= 0.3 is 0 Å². The minimum Gasteiger partial charge on any atom is -0.311 e. The van der Waals surface area contributed by atoms with Gasteiger partial charge in [0.1, 0.15) is 0 Å². The van der Waals surface area contributed by atoms with Gasteiger partial charge in [-0.3, -0.25) is 4.90 Å². The van der Waals surface area contributed by atoms with Crippen LogP contribution in [0.2, 0.25) is 10.0 Å². The van der Waals surface area contributed by atoms with Crippen LogP contribution in [0.3, 0.4) is 0 Å². The standard InChI is InChI=1S/C17H26Cl2N2/c1-4-5-14-11-21(17(9-20-14)12(2)3)10-13-6-7-15(18)16(19)8-13/h6-8,12,14,17,20H,4-5,9-11H2,1-3H3. The molecule has 1 fully saturated rings. The Morgan fingerprint density at radius 1 is 1.29 bits per heavy atom. The number of benzene rings is 1. The monoisotopic (exact) mass is 328 g/mol. The maximum Gasteiger partial charge on any atom is 0.0595 e. The summed E-state index contributed by atoms with van der Waals surface area (Å²) in [5.74, 6) is 0.642. The molecule has 1 aliphatic heterocycles. The van der Waals surface area contributed by atoms with Gasteiger partial charge in [-0.2, -0.15) is 0 Å². The van der Waals surface area contributed by atoms with Crippen LogP contribution in [0.15, 0.2) is 18.2 Å². The summed E-state index contributed by atoms with van der Waals surface area (Å²) in [6.07, 6.45) is 2.47. The predicted octanol–water partition coefficient (Wildman–Crippen LogP) is 4.59. The van der Waals surface area contributed by atoms with Crippen molar-refractivity contribution in [3.8, 4) is 0 Å². The first kappa shape index (κ1) is 17.1. The van der Waals surface area contributed by atoms with E-state index in [0.717, 1.165) is 19.6 Å². The molecular weight excluding hydrogens is 303 g/mol. The van der Waals surface area contributed by atoms with Crippen LogP contribution in [0, 0.1) is 5.92 Å². The smallest absolute Gasteiger partial charge is 0.0595 e. The maximum atomic E-state index is 6.15. The highest BCUT2D eigenvalue weighted by Gasteiger charge is 2.29. The lowest BCUT2D eigenvalue weighted by Gasteiger charge is -2.42. The summed E-state index contributed by atoms with van der Waals surface area (Å²) in [6.45, 7) is 9.98. The Hall–Kier alpha value is -0.280. The Balaban J connectivity index is 2.09. The summed E-state index contributed by atoms with van der Waals surface area (Å²) in [7, 11) is 0. The predicted molar refractivity (Wildman–Crippen MR) is 92.2 cm³/mol. The highest BCUT2D eigenvalue weighted by molar-refractivity contribution is 6.42. The highest BCUT2D eigenvalue weighted by Crippen LogP contribution is 2.25. The molecule has 2 atom stereocenters. The van der Waals surface area contributed by atoms with Gasteiger partial charge in [-0.1, -0.05) is 56.5 Å². The van der Waals surface area contributed by atoms with E-state index in [0.29, 0.717) is 28.0 Å². The van der Waals surface area contributed by atoms with E-state index in [9.17, 15) is 0 Å². The van der Waals surface area contributed by atoms with Gasteiger partial charge < -0.3 is 5.32 Å².